The van der Waals surface area contributed by atoms with Gasteiger partial charge in [-0.3, -0.25) is 9.59 Å². The third-order valence-corrected chi connectivity index (χ3v) is 6.08. The van der Waals surface area contributed by atoms with Gasteiger partial charge >= 0.3 is 5.97 Å². The minimum absolute atomic E-state index is 0.0212. The fourth-order valence-electron chi connectivity index (χ4n) is 4.31. The molecule has 37 heavy (non-hydrogen) atoms. The van der Waals surface area contributed by atoms with E-state index in [1.807, 2.05) is 45.0 Å². The Morgan fingerprint density at radius 2 is 1.73 bits per heavy atom. The first-order valence-electron chi connectivity index (χ1n) is 12.3. The van der Waals surface area contributed by atoms with E-state index in [2.05, 4.69) is 22.5 Å². The highest BCUT2D eigenvalue weighted by molar-refractivity contribution is 6.01. The van der Waals surface area contributed by atoms with Crippen molar-refractivity contribution in [2.24, 2.45) is 0 Å². The van der Waals surface area contributed by atoms with Crippen LogP contribution < -0.4 is 5.32 Å². The number of anilines is 1. The summed E-state index contributed by atoms with van der Waals surface area (Å²) in [5.41, 5.74) is 4.74. The second-order valence-corrected chi connectivity index (χ2v) is 9.01. The highest BCUT2D eigenvalue weighted by Gasteiger charge is 2.23. The molecular formula is C29H30N4O4. The SMILES string of the molecule is CCOC(=O)c1cnn(-c2cc(C)c3cc(C)cc(C)c3n2)c1NC(=O)CCCC(=O)c1ccccc1. The molecule has 0 saturated heterocycles. The summed E-state index contributed by atoms with van der Waals surface area (Å²) >= 11 is 0. The smallest absolute Gasteiger partial charge is 0.343 e. The van der Waals surface area contributed by atoms with Gasteiger partial charge < -0.3 is 10.1 Å². The number of pyridine rings is 1. The number of carbonyl (C=O) groups excluding carboxylic acids is 3. The molecule has 0 fully saturated rings. The van der Waals surface area contributed by atoms with Crippen LogP contribution in [-0.4, -0.2) is 39.0 Å². The fourth-order valence-corrected chi connectivity index (χ4v) is 4.31. The van der Waals surface area contributed by atoms with Crippen LogP contribution in [0.5, 0.6) is 0 Å². The Labute approximate surface area is 215 Å². The number of hydrogen-bond donors (Lipinski definition) is 1. The van der Waals surface area contributed by atoms with Crippen molar-refractivity contribution in [2.75, 3.05) is 11.9 Å². The predicted octanol–water partition coefficient (Wildman–Crippen LogP) is 5.51. The number of Topliss-reactive ketones (excluding diaryl/α,β-unsaturated/α-hetero) is 1. The lowest BCUT2D eigenvalue weighted by Gasteiger charge is -2.13. The van der Waals surface area contributed by atoms with E-state index in [1.165, 1.54) is 10.9 Å². The normalized spacial score (nSPS) is 10.9. The number of rotatable bonds is 9. The molecule has 0 spiro atoms. The van der Waals surface area contributed by atoms with Gasteiger partial charge in [0.15, 0.2) is 17.4 Å². The molecule has 0 atom stereocenters. The summed E-state index contributed by atoms with van der Waals surface area (Å²) in [6.07, 6.45) is 2.09. The molecule has 2 heterocycles. The second kappa shape index (κ2) is 11.2. The zero-order valence-electron chi connectivity index (χ0n) is 21.5. The van der Waals surface area contributed by atoms with Crippen LogP contribution in [0.3, 0.4) is 0 Å². The van der Waals surface area contributed by atoms with Crippen molar-refractivity contribution >= 4 is 34.4 Å². The van der Waals surface area contributed by atoms with Crippen LogP contribution in [0.1, 0.15) is 63.6 Å². The number of benzene rings is 2. The Morgan fingerprint density at radius 1 is 0.973 bits per heavy atom. The number of nitrogens with one attached hydrogen (secondary N) is 1. The highest BCUT2D eigenvalue weighted by atomic mass is 16.5. The van der Waals surface area contributed by atoms with Crippen LogP contribution in [0.15, 0.2) is 54.7 Å². The number of esters is 1. The van der Waals surface area contributed by atoms with Crippen molar-refractivity contribution in [1.29, 1.82) is 0 Å². The van der Waals surface area contributed by atoms with Crippen LogP contribution in [-0.2, 0) is 9.53 Å². The molecular weight excluding hydrogens is 468 g/mol. The Morgan fingerprint density at radius 3 is 2.46 bits per heavy atom. The van der Waals surface area contributed by atoms with Crippen LogP contribution in [0.25, 0.3) is 16.7 Å². The summed E-state index contributed by atoms with van der Waals surface area (Å²) in [5.74, 6) is -0.284. The van der Waals surface area contributed by atoms with E-state index >= 15 is 0 Å². The van der Waals surface area contributed by atoms with E-state index in [9.17, 15) is 14.4 Å². The second-order valence-electron chi connectivity index (χ2n) is 9.01. The molecule has 2 aromatic carbocycles. The van der Waals surface area contributed by atoms with Gasteiger partial charge in [0.05, 0.1) is 18.3 Å². The van der Waals surface area contributed by atoms with E-state index in [-0.39, 0.29) is 42.5 Å². The van der Waals surface area contributed by atoms with Gasteiger partial charge in [0, 0.05) is 23.8 Å². The molecule has 0 saturated carbocycles. The van der Waals surface area contributed by atoms with Crippen LogP contribution in [0.2, 0.25) is 0 Å². The molecule has 0 bridgehead atoms. The van der Waals surface area contributed by atoms with E-state index in [1.54, 1.807) is 19.1 Å². The first-order chi connectivity index (χ1) is 17.8. The van der Waals surface area contributed by atoms with Crippen molar-refractivity contribution in [2.45, 2.75) is 47.0 Å². The number of ether oxygens (including phenoxy) is 1. The lowest BCUT2D eigenvalue weighted by molar-refractivity contribution is -0.116. The van der Waals surface area contributed by atoms with Crippen LogP contribution in [0.4, 0.5) is 5.82 Å². The molecule has 4 aromatic rings. The zero-order chi connectivity index (χ0) is 26.5. The number of aromatic nitrogens is 3. The number of amides is 1. The number of carbonyl (C=O) groups is 3. The van der Waals surface area contributed by atoms with Crippen LogP contribution in [0, 0.1) is 20.8 Å². The van der Waals surface area contributed by atoms with E-state index in [0.717, 1.165) is 27.6 Å². The summed E-state index contributed by atoms with van der Waals surface area (Å²) < 4.78 is 6.63. The standard InChI is InChI=1S/C29H30N4O4/c1-5-37-29(36)23-17-30-33(25-16-19(3)22-15-18(2)14-20(4)27(22)31-25)28(23)32-26(35)13-9-12-24(34)21-10-7-6-8-11-21/h6-8,10-11,14-17H,5,9,12-13H2,1-4H3,(H,32,35). The summed E-state index contributed by atoms with van der Waals surface area (Å²) in [4.78, 5) is 42.7. The van der Waals surface area contributed by atoms with Crippen molar-refractivity contribution in [3.63, 3.8) is 0 Å². The minimum atomic E-state index is -0.590. The molecule has 8 heteroatoms. The Hall–Kier alpha value is -4.33. The first kappa shape index (κ1) is 25.8. The number of aryl methyl sites for hydroxylation is 3. The summed E-state index contributed by atoms with van der Waals surface area (Å²) in [6, 6.07) is 15.0. The van der Waals surface area contributed by atoms with Gasteiger partial charge in [-0.15, -0.1) is 0 Å². The molecule has 0 radical (unpaired) electrons. The maximum Gasteiger partial charge on any atom is 0.343 e. The highest BCUT2D eigenvalue weighted by Crippen LogP contribution is 2.27. The summed E-state index contributed by atoms with van der Waals surface area (Å²) in [5, 5.41) is 8.22. The zero-order valence-corrected chi connectivity index (χ0v) is 21.5. The maximum absolute atomic E-state index is 12.9. The largest absolute Gasteiger partial charge is 0.462 e. The fraction of sp³-hybridized carbons (Fsp3) is 0.276. The predicted molar refractivity (Wildman–Crippen MR) is 142 cm³/mol. The van der Waals surface area contributed by atoms with Gasteiger partial charge in [-0.1, -0.05) is 42.0 Å². The average Bonchev–Trinajstić information content (AvgIpc) is 3.28. The lowest BCUT2D eigenvalue weighted by Crippen LogP contribution is -2.18. The Balaban J connectivity index is 1.60. The third-order valence-electron chi connectivity index (χ3n) is 6.08. The summed E-state index contributed by atoms with van der Waals surface area (Å²) in [7, 11) is 0. The lowest BCUT2D eigenvalue weighted by atomic mass is 10.0. The van der Waals surface area contributed by atoms with Gasteiger partial charge in [0.25, 0.3) is 0 Å². The van der Waals surface area contributed by atoms with E-state index < -0.39 is 5.97 Å². The molecule has 1 amide bonds. The molecule has 8 nitrogen and oxygen atoms in total. The minimum Gasteiger partial charge on any atom is -0.462 e. The van der Waals surface area contributed by atoms with E-state index in [4.69, 9.17) is 9.72 Å². The number of hydrogen-bond acceptors (Lipinski definition) is 6. The van der Waals surface area contributed by atoms with E-state index in [0.29, 0.717) is 17.8 Å². The first-order valence-corrected chi connectivity index (χ1v) is 12.3. The van der Waals surface area contributed by atoms with Crippen molar-refractivity contribution in [3.8, 4) is 5.82 Å². The van der Waals surface area contributed by atoms with Gasteiger partial charge in [-0.05, 0) is 57.4 Å². The van der Waals surface area contributed by atoms with Gasteiger partial charge in [0.1, 0.15) is 5.56 Å². The van der Waals surface area contributed by atoms with Crippen molar-refractivity contribution in [3.05, 3.63) is 82.5 Å². The van der Waals surface area contributed by atoms with Crippen LogP contribution >= 0.6 is 0 Å². The molecule has 1 N–H and O–H groups in total. The number of nitrogens with zero attached hydrogens (tertiary/aromatic N) is 3. The monoisotopic (exact) mass is 498 g/mol. The molecule has 0 aliphatic carbocycles. The van der Waals surface area contributed by atoms with Gasteiger partial charge in [-0.2, -0.15) is 9.78 Å². The maximum atomic E-state index is 12.9. The molecule has 4 rings (SSSR count). The quantitative estimate of drug-likeness (QED) is 0.241. The average molecular weight is 499 g/mol. The Kier molecular flexibility index (Phi) is 7.77. The van der Waals surface area contributed by atoms with Crippen molar-refractivity contribution in [1.82, 2.24) is 14.8 Å². The van der Waals surface area contributed by atoms with Crippen molar-refractivity contribution < 1.29 is 19.1 Å². The Bertz CT molecular complexity index is 1470. The molecule has 2 aromatic heterocycles. The van der Waals surface area contributed by atoms with Gasteiger partial charge in [0.2, 0.25) is 5.91 Å². The topological polar surface area (TPSA) is 103 Å². The number of fused-ring (bicyclic) bond motifs is 1. The molecule has 0 aliphatic rings. The molecule has 0 aliphatic heterocycles. The third kappa shape index (κ3) is 5.74. The van der Waals surface area contributed by atoms with Gasteiger partial charge in [-0.25, -0.2) is 9.78 Å². The number of ketones is 1. The summed E-state index contributed by atoms with van der Waals surface area (Å²) in [6.45, 7) is 7.93. The molecule has 0 unspecified atom stereocenters. The molecule has 190 valence electrons.